The van der Waals surface area contributed by atoms with Gasteiger partial charge in [0, 0.05) is 18.2 Å². The second kappa shape index (κ2) is 12.9. The van der Waals surface area contributed by atoms with Gasteiger partial charge in [0.25, 0.3) is 0 Å². The Morgan fingerprint density at radius 3 is 2.31 bits per heavy atom. The van der Waals surface area contributed by atoms with E-state index in [1.165, 1.54) is 99.3 Å². The van der Waals surface area contributed by atoms with Crippen LogP contribution in [0.5, 0.6) is 5.75 Å². The third-order valence-corrected chi connectivity index (χ3v) is 11.4. The van der Waals surface area contributed by atoms with Crippen molar-refractivity contribution in [3.63, 3.8) is 0 Å². The zero-order valence-electron chi connectivity index (χ0n) is 25.7. The molecule has 2 bridgehead atoms. The van der Waals surface area contributed by atoms with E-state index in [2.05, 4.69) is 28.3 Å². The summed E-state index contributed by atoms with van der Waals surface area (Å²) in [5, 5.41) is 21.0. The summed E-state index contributed by atoms with van der Waals surface area (Å²) in [7, 11) is 0. The van der Waals surface area contributed by atoms with Gasteiger partial charge in [-0.3, -0.25) is 4.90 Å². The molecule has 1 spiro atoms. The van der Waals surface area contributed by atoms with Gasteiger partial charge in [-0.05, 0) is 87.0 Å². The molecule has 1 saturated heterocycles. The second-order valence-corrected chi connectivity index (χ2v) is 14.2. The molecule has 6 heteroatoms. The molecule has 0 amide bonds. The third kappa shape index (κ3) is 5.75. The number of hydrogen-bond donors (Lipinski definition) is 2. The average molecular weight is 580 g/mol. The first-order valence-corrected chi connectivity index (χ1v) is 17.3. The van der Waals surface area contributed by atoms with Crippen LogP contribution in [0.1, 0.15) is 126 Å². The molecular weight excluding hydrogens is 526 g/mol. The summed E-state index contributed by atoms with van der Waals surface area (Å²) in [6.07, 6.45) is 20.8. The summed E-state index contributed by atoms with van der Waals surface area (Å²) >= 11 is 0. The molecule has 2 saturated carbocycles. The first kappa shape index (κ1) is 30.0. The molecule has 232 valence electrons. The second-order valence-electron chi connectivity index (χ2n) is 14.2. The normalized spacial score (nSPS) is 29.3. The van der Waals surface area contributed by atoms with Crippen molar-refractivity contribution in [2.45, 2.75) is 145 Å². The van der Waals surface area contributed by atoms with Crippen molar-refractivity contribution in [3.8, 4) is 5.75 Å². The van der Waals surface area contributed by atoms with Gasteiger partial charge < -0.3 is 19.7 Å². The van der Waals surface area contributed by atoms with E-state index < -0.39 is 11.8 Å². The van der Waals surface area contributed by atoms with Gasteiger partial charge in [-0.15, -0.1) is 0 Å². The van der Waals surface area contributed by atoms with E-state index in [4.69, 9.17) is 9.84 Å². The number of aryl methyl sites for hydroxylation is 1. The van der Waals surface area contributed by atoms with E-state index in [9.17, 15) is 9.90 Å². The van der Waals surface area contributed by atoms with Gasteiger partial charge in [0.05, 0.1) is 17.6 Å². The number of carboxylic acid groups (broad SMARTS) is 1. The highest BCUT2D eigenvalue weighted by Gasteiger charge is 2.71. The molecule has 1 unspecified atom stereocenters. The van der Waals surface area contributed by atoms with Crippen molar-refractivity contribution in [1.82, 2.24) is 4.90 Å². The fourth-order valence-electron chi connectivity index (χ4n) is 9.00. The molecule has 6 rings (SSSR count). The molecule has 3 aliphatic carbocycles. The van der Waals surface area contributed by atoms with Gasteiger partial charge in [0.1, 0.15) is 11.9 Å². The fraction of sp³-hybridized carbons (Fsp3) is 0.750. The smallest absolute Gasteiger partial charge is 0.484 e. The Labute approximate surface area is 252 Å². The van der Waals surface area contributed by atoms with Crippen molar-refractivity contribution >= 4 is 6.16 Å². The molecule has 1 aromatic rings. The van der Waals surface area contributed by atoms with Crippen LogP contribution in [-0.2, 0) is 23.0 Å². The summed E-state index contributed by atoms with van der Waals surface area (Å²) in [6, 6.07) is 4.94. The molecule has 4 atom stereocenters. The van der Waals surface area contributed by atoms with Crippen LogP contribution in [-0.4, -0.2) is 58.7 Å². The number of nitrogens with zero attached hydrogens (tertiary/aromatic N) is 1. The Kier molecular flexibility index (Phi) is 9.21. The number of unbranched alkanes of at least 4 members (excludes halogenated alkanes) is 11. The van der Waals surface area contributed by atoms with E-state index in [0.29, 0.717) is 6.61 Å². The van der Waals surface area contributed by atoms with Crippen LogP contribution in [0.25, 0.3) is 0 Å². The van der Waals surface area contributed by atoms with Crippen molar-refractivity contribution in [2.24, 2.45) is 5.92 Å². The minimum absolute atomic E-state index is 0.0667. The molecule has 5 aliphatic rings. The molecule has 2 heterocycles. The van der Waals surface area contributed by atoms with Gasteiger partial charge in [0.2, 0.25) is 0 Å². The van der Waals surface area contributed by atoms with Crippen LogP contribution >= 0.6 is 0 Å². The topological polar surface area (TPSA) is 79.2 Å². The molecule has 0 aromatic heterocycles. The van der Waals surface area contributed by atoms with E-state index in [0.717, 1.165) is 69.7 Å². The zero-order chi connectivity index (χ0) is 29.2. The number of benzene rings is 1. The zero-order valence-corrected chi connectivity index (χ0v) is 25.7. The van der Waals surface area contributed by atoms with Gasteiger partial charge in [-0.2, -0.15) is 0 Å². The van der Waals surface area contributed by atoms with Crippen LogP contribution in [0.15, 0.2) is 24.3 Å². The Morgan fingerprint density at radius 2 is 1.64 bits per heavy atom. The van der Waals surface area contributed by atoms with Crippen molar-refractivity contribution < 1.29 is 24.5 Å². The van der Waals surface area contributed by atoms with Gasteiger partial charge in [0.15, 0.2) is 0 Å². The Balaban J connectivity index is 0.962. The predicted octanol–water partition coefficient (Wildman–Crippen LogP) is 7.73. The minimum atomic E-state index is -1.17. The summed E-state index contributed by atoms with van der Waals surface area (Å²) in [4.78, 5) is 13.0. The maximum Gasteiger partial charge on any atom is 0.505 e. The molecule has 2 aliphatic heterocycles. The minimum Gasteiger partial charge on any atom is -0.484 e. The number of rotatable bonds is 17. The molecule has 6 nitrogen and oxygen atoms in total. The lowest BCUT2D eigenvalue weighted by atomic mass is 9.48. The molecule has 1 aromatic carbocycles. The van der Waals surface area contributed by atoms with Crippen LogP contribution in [0.3, 0.4) is 0 Å². The summed E-state index contributed by atoms with van der Waals surface area (Å²) in [6.45, 7) is 7.04. The highest BCUT2D eigenvalue weighted by Crippen LogP contribution is 2.65. The lowest BCUT2D eigenvalue weighted by Gasteiger charge is -2.63. The molecule has 0 radical (unpaired) electrons. The van der Waals surface area contributed by atoms with Gasteiger partial charge >= 0.3 is 6.16 Å². The van der Waals surface area contributed by atoms with Crippen LogP contribution < -0.4 is 4.74 Å². The SMILES string of the molecule is C=C1CC[C@@]2(O)C3Cc4ccc(CCCCCCCCCCCCCCOC(=O)O)c5c4[C@@]2(CCN3CC2CC2)[C@H]1O5. The largest absolute Gasteiger partial charge is 0.505 e. The number of likely N-dealkylation sites (tertiary alicyclic amines) is 1. The highest BCUT2D eigenvalue weighted by atomic mass is 16.7. The monoisotopic (exact) mass is 579 g/mol. The number of piperidine rings is 1. The van der Waals surface area contributed by atoms with E-state index in [1.54, 1.807) is 0 Å². The fourth-order valence-corrected chi connectivity index (χ4v) is 9.00. The molecule has 2 N–H and O–H groups in total. The summed E-state index contributed by atoms with van der Waals surface area (Å²) < 4.78 is 11.4. The summed E-state index contributed by atoms with van der Waals surface area (Å²) in [5.41, 5.74) is 4.31. The molecule has 42 heavy (non-hydrogen) atoms. The van der Waals surface area contributed by atoms with E-state index >= 15 is 0 Å². The van der Waals surface area contributed by atoms with Gasteiger partial charge in [-0.1, -0.05) is 82.9 Å². The Hall–Kier alpha value is -2.05. The number of carbonyl (C=O) groups is 1. The van der Waals surface area contributed by atoms with E-state index in [-0.39, 0.29) is 17.6 Å². The van der Waals surface area contributed by atoms with E-state index in [1.807, 2.05) is 0 Å². The summed E-state index contributed by atoms with van der Waals surface area (Å²) in [5.74, 6) is 1.95. The van der Waals surface area contributed by atoms with Crippen molar-refractivity contribution in [2.75, 3.05) is 19.7 Å². The maximum absolute atomic E-state index is 12.6. The first-order chi connectivity index (χ1) is 20.4. The average Bonchev–Trinajstić information content (AvgIpc) is 3.71. The van der Waals surface area contributed by atoms with Crippen LogP contribution in [0.2, 0.25) is 0 Å². The molecular formula is C36H53NO5. The number of hydrogen-bond acceptors (Lipinski definition) is 5. The maximum atomic E-state index is 12.6. The first-order valence-electron chi connectivity index (χ1n) is 17.3. The third-order valence-electron chi connectivity index (χ3n) is 11.4. The van der Waals surface area contributed by atoms with Crippen LogP contribution in [0, 0.1) is 5.92 Å². The standard InChI is InChI=1S/C36H53NO5/c1-26-19-20-36(40)30-24-29-18-17-28(14-12-10-8-6-4-2-3-5-7-9-11-13-23-41-34(38)39)32-31(29)35(36,33(26)42-32)21-22-37(30)25-27-15-16-27/h17-18,27,30,33,40H,1-16,19-25H2,(H,38,39)/t30?,33-,35-,36+/m0/s1. The number of aliphatic hydroxyl groups is 1. The Bertz CT molecular complexity index is 1130. The quantitative estimate of drug-likeness (QED) is 0.112. The van der Waals surface area contributed by atoms with Gasteiger partial charge in [-0.25, -0.2) is 4.79 Å². The Morgan fingerprint density at radius 1 is 0.976 bits per heavy atom. The lowest BCUT2D eigenvalue weighted by Crippen LogP contribution is -2.75. The van der Waals surface area contributed by atoms with Crippen molar-refractivity contribution in [3.05, 3.63) is 41.0 Å². The highest BCUT2D eigenvalue weighted by molar-refractivity contribution is 5.62. The number of ether oxygens (including phenoxy) is 2. The van der Waals surface area contributed by atoms with Crippen molar-refractivity contribution in [1.29, 1.82) is 0 Å². The molecule has 3 fully saturated rings. The van der Waals surface area contributed by atoms with Crippen LogP contribution in [0.4, 0.5) is 4.79 Å². The predicted molar refractivity (Wildman–Crippen MR) is 165 cm³/mol. The lowest BCUT2D eigenvalue weighted by molar-refractivity contribution is -0.174.